The Kier molecular flexibility index (Phi) is 5.37. The fraction of sp³-hybridized carbons (Fsp3) is 0.900. The predicted molar refractivity (Wildman–Crippen MR) is 55.5 cm³/mol. The Labute approximate surface area is 85.1 Å². The van der Waals surface area contributed by atoms with Crippen molar-refractivity contribution in [3.8, 4) is 0 Å². The van der Waals surface area contributed by atoms with Gasteiger partial charge in [-0.2, -0.15) is 0 Å². The molecule has 0 saturated heterocycles. The number of oxime groups is 1. The Morgan fingerprint density at radius 3 is 2.71 bits per heavy atom. The fourth-order valence-corrected chi connectivity index (χ4v) is 1.79. The first-order valence-electron chi connectivity index (χ1n) is 5.41. The van der Waals surface area contributed by atoms with Gasteiger partial charge in [0.15, 0.2) is 0 Å². The molecule has 0 atom stereocenters. The van der Waals surface area contributed by atoms with Gasteiger partial charge in [-0.25, -0.2) is 0 Å². The molecule has 1 fully saturated rings. The van der Waals surface area contributed by atoms with E-state index in [-0.39, 0.29) is 5.84 Å². The third-order valence-electron chi connectivity index (χ3n) is 2.61. The lowest BCUT2D eigenvalue weighted by molar-refractivity contribution is 0.0278. The third-order valence-corrected chi connectivity index (χ3v) is 2.61. The van der Waals surface area contributed by atoms with E-state index < -0.39 is 0 Å². The molecule has 1 rings (SSSR count). The number of amidine groups is 1. The van der Waals surface area contributed by atoms with Crippen LogP contribution in [0.4, 0.5) is 0 Å². The zero-order valence-electron chi connectivity index (χ0n) is 8.61. The van der Waals surface area contributed by atoms with E-state index in [1.54, 1.807) is 0 Å². The van der Waals surface area contributed by atoms with E-state index in [2.05, 4.69) is 5.16 Å². The minimum atomic E-state index is 0.289. The largest absolute Gasteiger partial charge is 0.409 e. The van der Waals surface area contributed by atoms with Crippen LogP contribution in [-0.4, -0.2) is 23.8 Å². The summed E-state index contributed by atoms with van der Waals surface area (Å²) in [6.07, 6.45) is 8.25. The second-order valence-corrected chi connectivity index (χ2v) is 3.83. The summed E-state index contributed by atoms with van der Waals surface area (Å²) in [5.74, 6) is 0.289. The van der Waals surface area contributed by atoms with Crippen LogP contribution in [-0.2, 0) is 4.74 Å². The van der Waals surface area contributed by atoms with E-state index in [9.17, 15) is 0 Å². The summed E-state index contributed by atoms with van der Waals surface area (Å²) in [4.78, 5) is 0. The van der Waals surface area contributed by atoms with Crippen LogP contribution in [0.25, 0.3) is 0 Å². The maximum absolute atomic E-state index is 8.30. The van der Waals surface area contributed by atoms with Gasteiger partial charge in [-0.05, 0) is 19.3 Å². The highest BCUT2D eigenvalue weighted by Crippen LogP contribution is 2.20. The standard InChI is InChI=1S/C10H20N2O2/c11-10(12-13)7-4-8-14-9-5-2-1-3-6-9/h9,13H,1-8H2,(H2,11,12). The van der Waals surface area contributed by atoms with E-state index in [1.807, 2.05) is 0 Å². The number of rotatable bonds is 5. The van der Waals surface area contributed by atoms with Crippen molar-refractivity contribution in [3.63, 3.8) is 0 Å². The average molecular weight is 200 g/mol. The highest BCUT2D eigenvalue weighted by molar-refractivity contribution is 5.79. The second kappa shape index (κ2) is 6.65. The molecule has 82 valence electrons. The number of nitrogens with zero attached hydrogens (tertiary/aromatic N) is 1. The molecule has 0 aromatic heterocycles. The quantitative estimate of drug-likeness (QED) is 0.234. The molecule has 0 bridgehead atoms. The van der Waals surface area contributed by atoms with Crippen LogP contribution in [0.5, 0.6) is 0 Å². The third kappa shape index (κ3) is 4.46. The van der Waals surface area contributed by atoms with Crippen LogP contribution >= 0.6 is 0 Å². The Balaban J connectivity index is 1.97. The highest BCUT2D eigenvalue weighted by atomic mass is 16.5. The van der Waals surface area contributed by atoms with Crippen LogP contribution in [0.1, 0.15) is 44.9 Å². The maximum Gasteiger partial charge on any atom is 0.139 e. The Morgan fingerprint density at radius 1 is 1.36 bits per heavy atom. The van der Waals surface area contributed by atoms with Crippen molar-refractivity contribution in [2.75, 3.05) is 6.61 Å². The van der Waals surface area contributed by atoms with E-state index in [0.29, 0.717) is 12.5 Å². The molecule has 4 nitrogen and oxygen atoms in total. The van der Waals surface area contributed by atoms with E-state index >= 15 is 0 Å². The highest BCUT2D eigenvalue weighted by Gasteiger charge is 2.12. The number of hydrogen-bond donors (Lipinski definition) is 2. The molecule has 0 aromatic carbocycles. The van der Waals surface area contributed by atoms with Gasteiger partial charge >= 0.3 is 0 Å². The first-order chi connectivity index (χ1) is 6.83. The lowest BCUT2D eigenvalue weighted by atomic mass is 9.98. The minimum Gasteiger partial charge on any atom is -0.409 e. The fourth-order valence-electron chi connectivity index (χ4n) is 1.79. The summed E-state index contributed by atoms with van der Waals surface area (Å²) in [5, 5.41) is 11.2. The van der Waals surface area contributed by atoms with Gasteiger partial charge in [-0.1, -0.05) is 24.4 Å². The molecule has 0 aromatic rings. The van der Waals surface area contributed by atoms with Crippen LogP contribution in [0.15, 0.2) is 5.16 Å². The van der Waals surface area contributed by atoms with Gasteiger partial charge in [0.05, 0.1) is 6.10 Å². The Hall–Kier alpha value is -0.770. The van der Waals surface area contributed by atoms with Crippen molar-refractivity contribution in [2.45, 2.75) is 51.0 Å². The topological polar surface area (TPSA) is 67.8 Å². The van der Waals surface area contributed by atoms with Crippen LogP contribution in [0.2, 0.25) is 0 Å². The Morgan fingerprint density at radius 2 is 2.07 bits per heavy atom. The van der Waals surface area contributed by atoms with E-state index in [1.165, 1.54) is 32.1 Å². The molecule has 0 heterocycles. The van der Waals surface area contributed by atoms with E-state index in [4.69, 9.17) is 15.7 Å². The summed E-state index contributed by atoms with van der Waals surface area (Å²) in [5.41, 5.74) is 5.34. The van der Waals surface area contributed by atoms with Crippen molar-refractivity contribution >= 4 is 5.84 Å². The van der Waals surface area contributed by atoms with Crippen molar-refractivity contribution in [1.82, 2.24) is 0 Å². The normalized spacial score (nSPS) is 19.9. The monoisotopic (exact) mass is 200 g/mol. The lowest BCUT2D eigenvalue weighted by Gasteiger charge is -2.21. The molecule has 0 amide bonds. The van der Waals surface area contributed by atoms with Crippen molar-refractivity contribution in [2.24, 2.45) is 10.9 Å². The molecule has 0 aliphatic heterocycles. The summed E-state index contributed by atoms with van der Waals surface area (Å²) in [6, 6.07) is 0. The van der Waals surface area contributed by atoms with E-state index in [0.717, 1.165) is 13.0 Å². The molecule has 0 spiro atoms. The smallest absolute Gasteiger partial charge is 0.139 e. The van der Waals surface area contributed by atoms with Crippen molar-refractivity contribution in [1.29, 1.82) is 0 Å². The van der Waals surface area contributed by atoms with Crippen LogP contribution in [0, 0.1) is 0 Å². The molecule has 14 heavy (non-hydrogen) atoms. The Bertz CT molecular complexity index is 177. The van der Waals surface area contributed by atoms with Gasteiger partial charge < -0.3 is 15.7 Å². The number of hydrogen-bond acceptors (Lipinski definition) is 3. The van der Waals surface area contributed by atoms with Crippen molar-refractivity contribution in [3.05, 3.63) is 0 Å². The molecule has 1 aliphatic carbocycles. The lowest BCUT2D eigenvalue weighted by Crippen LogP contribution is -2.18. The van der Waals surface area contributed by atoms with Gasteiger partial charge in [0.25, 0.3) is 0 Å². The molecule has 4 heteroatoms. The van der Waals surface area contributed by atoms with Gasteiger partial charge in [-0.15, -0.1) is 0 Å². The maximum atomic E-state index is 8.30. The summed E-state index contributed by atoms with van der Waals surface area (Å²) >= 11 is 0. The summed E-state index contributed by atoms with van der Waals surface area (Å²) in [7, 11) is 0. The minimum absolute atomic E-state index is 0.289. The second-order valence-electron chi connectivity index (χ2n) is 3.83. The van der Waals surface area contributed by atoms with Gasteiger partial charge in [0.2, 0.25) is 0 Å². The molecule has 1 aliphatic rings. The summed E-state index contributed by atoms with van der Waals surface area (Å²) < 4.78 is 5.69. The zero-order valence-corrected chi connectivity index (χ0v) is 8.61. The average Bonchev–Trinajstić information content (AvgIpc) is 2.25. The van der Waals surface area contributed by atoms with Crippen LogP contribution in [0.3, 0.4) is 0 Å². The SMILES string of the molecule is N/C(CCCOC1CCCCC1)=N\O. The molecule has 0 unspecified atom stereocenters. The van der Waals surface area contributed by atoms with Gasteiger partial charge in [0.1, 0.15) is 5.84 Å². The molecular formula is C10H20N2O2. The van der Waals surface area contributed by atoms with Gasteiger partial charge in [0, 0.05) is 13.0 Å². The first-order valence-corrected chi connectivity index (χ1v) is 5.41. The van der Waals surface area contributed by atoms with Gasteiger partial charge in [-0.3, -0.25) is 0 Å². The number of ether oxygens (including phenoxy) is 1. The molecule has 3 N–H and O–H groups in total. The molecule has 1 saturated carbocycles. The first kappa shape index (κ1) is 11.3. The molecule has 0 radical (unpaired) electrons. The van der Waals surface area contributed by atoms with Crippen LogP contribution < -0.4 is 5.73 Å². The predicted octanol–water partition coefficient (Wildman–Crippen LogP) is 1.86. The zero-order chi connectivity index (χ0) is 10.2. The van der Waals surface area contributed by atoms with Crippen molar-refractivity contribution < 1.29 is 9.94 Å². The number of nitrogens with two attached hydrogens (primary N) is 1. The summed E-state index contributed by atoms with van der Waals surface area (Å²) in [6.45, 7) is 0.723. The molecular weight excluding hydrogens is 180 g/mol.